The molecule has 14 nitrogen and oxygen atoms in total. The smallest absolute Gasteiger partial charge is 0.251 e. The molecule has 1 aliphatic heterocycles. The Morgan fingerprint density at radius 3 is 2.29 bits per heavy atom. The maximum absolute atomic E-state index is 14.0. The highest BCUT2D eigenvalue weighted by Gasteiger charge is 2.64. The molecule has 1 saturated heterocycles. The third kappa shape index (κ3) is 11.5. The quantitative estimate of drug-likeness (QED) is 0.0815. The second-order valence-electron chi connectivity index (χ2n) is 19.0. The van der Waals surface area contributed by atoms with Gasteiger partial charge in [0.25, 0.3) is 5.91 Å². The molecule has 4 amide bonds. The lowest BCUT2D eigenvalue weighted by molar-refractivity contribution is -0.164. The minimum atomic E-state index is -0.979. The van der Waals surface area contributed by atoms with Crippen LogP contribution in [0.4, 0.5) is 0 Å². The third-order valence-corrected chi connectivity index (χ3v) is 13.5. The molecule has 0 spiro atoms. The van der Waals surface area contributed by atoms with Crippen molar-refractivity contribution in [3.63, 3.8) is 0 Å². The highest BCUT2D eigenvalue weighted by atomic mass is 35.5. The molecule has 4 aromatic rings. The second kappa shape index (κ2) is 20.3. The van der Waals surface area contributed by atoms with Gasteiger partial charge in [-0.05, 0) is 59.9 Å². The van der Waals surface area contributed by atoms with Crippen LogP contribution in [-0.4, -0.2) is 95.3 Å². The predicted octanol–water partition coefficient (Wildman–Crippen LogP) is 6.85. The summed E-state index contributed by atoms with van der Waals surface area (Å²) in [7, 11) is 0. The highest BCUT2D eigenvalue weighted by Crippen LogP contribution is 2.55. The van der Waals surface area contributed by atoms with Gasteiger partial charge in [0, 0.05) is 54.4 Å². The standard InChI is InChI=1S/C49H59ClN6O8S/c1-29-40(65-28-53-29)31-12-10-30(11-13-31)25-52-43(60)38-22-34(57)26-56(38)44(61)41(47(2,3)4)54-39(58)27-62-20-9-21-63-35-17-14-32(15-18-35)42(59)55-45-48(5,6)46(49(45,7)8)64-36-19-16-33(24-51)37(50)23-36/h10-19,23,28,34,38,41,45-46,57H,9,20-22,25-27H2,1-8H3,(H,52,60)(H,54,58)(H,55,59)/t34-,38+,41?,45?,46?/m1/s1. The van der Waals surface area contributed by atoms with Crippen LogP contribution in [0.2, 0.25) is 5.02 Å². The second-order valence-corrected chi connectivity index (χ2v) is 20.3. The van der Waals surface area contributed by atoms with Gasteiger partial charge in [-0.25, -0.2) is 4.98 Å². The normalized spacial score (nSPS) is 20.2. The molecule has 6 rings (SSSR count). The summed E-state index contributed by atoms with van der Waals surface area (Å²) in [5.74, 6) is -0.408. The van der Waals surface area contributed by atoms with Gasteiger partial charge in [-0.2, -0.15) is 5.26 Å². The molecule has 3 atom stereocenters. The van der Waals surface area contributed by atoms with Crippen LogP contribution in [0.3, 0.4) is 0 Å². The van der Waals surface area contributed by atoms with Crippen LogP contribution >= 0.6 is 22.9 Å². The number of aromatic nitrogens is 1. The van der Waals surface area contributed by atoms with Crippen LogP contribution in [0.5, 0.6) is 11.5 Å². The number of aliphatic hydroxyl groups is 1. The Morgan fingerprint density at radius 2 is 1.68 bits per heavy atom. The predicted molar refractivity (Wildman–Crippen MR) is 248 cm³/mol. The van der Waals surface area contributed by atoms with E-state index >= 15 is 0 Å². The van der Waals surface area contributed by atoms with Crippen LogP contribution in [-0.2, 0) is 25.7 Å². The number of halogens is 1. The summed E-state index contributed by atoms with van der Waals surface area (Å²) in [5.41, 5.74) is 4.03. The van der Waals surface area contributed by atoms with Gasteiger partial charge in [0.05, 0.1) is 46.0 Å². The summed E-state index contributed by atoms with van der Waals surface area (Å²) < 4.78 is 17.8. The maximum Gasteiger partial charge on any atom is 0.251 e. The number of rotatable bonds is 17. The van der Waals surface area contributed by atoms with E-state index in [-0.39, 0.29) is 56.7 Å². The fourth-order valence-corrected chi connectivity index (χ4v) is 10.0. The van der Waals surface area contributed by atoms with E-state index in [1.165, 1.54) is 4.90 Å². The average Bonchev–Trinajstić information content (AvgIpc) is 3.88. The first-order valence-electron chi connectivity index (χ1n) is 21.7. The summed E-state index contributed by atoms with van der Waals surface area (Å²) in [6, 6.07) is 19.7. The number of carbonyl (C=O) groups is 4. The zero-order valence-corrected chi connectivity index (χ0v) is 39.8. The maximum atomic E-state index is 14.0. The Hall–Kier alpha value is -5.53. The van der Waals surface area contributed by atoms with Crippen molar-refractivity contribution in [3.05, 3.63) is 99.6 Å². The number of thiazole rings is 1. The molecule has 2 heterocycles. The topological polar surface area (TPSA) is 192 Å². The summed E-state index contributed by atoms with van der Waals surface area (Å²) in [4.78, 5) is 60.6. The van der Waals surface area contributed by atoms with Gasteiger partial charge in [0.2, 0.25) is 17.7 Å². The first-order valence-corrected chi connectivity index (χ1v) is 23.0. The molecule has 1 unspecified atom stereocenters. The van der Waals surface area contributed by atoms with E-state index in [0.717, 1.165) is 21.7 Å². The van der Waals surface area contributed by atoms with Crippen molar-refractivity contribution in [1.82, 2.24) is 25.8 Å². The molecule has 2 fully saturated rings. The fourth-order valence-electron chi connectivity index (χ4n) is 9.01. The Balaban J connectivity index is 0.915. The molecular formula is C49H59ClN6O8S. The number of nitrogens with one attached hydrogen (secondary N) is 3. The number of likely N-dealkylation sites (tertiary alicyclic amines) is 1. The Morgan fingerprint density at radius 1 is 1.00 bits per heavy atom. The number of ether oxygens (including phenoxy) is 3. The van der Waals surface area contributed by atoms with Crippen molar-refractivity contribution in [2.45, 2.75) is 105 Å². The van der Waals surface area contributed by atoms with Crippen molar-refractivity contribution in [2.75, 3.05) is 26.4 Å². The van der Waals surface area contributed by atoms with E-state index < -0.39 is 46.2 Å². The molecule has 0 radical (unpaired) electrons. The van der Waals surface area contributed by atoms with Crippen LogP contribution in [0.1, 0.15) is 88.5 Å². The monoisotopic (exact) mass is 926 g/mol. The van der Waals surface area contributed by atoms with Gasteiger partial charge >= 0.3 is 0 Å². The van der Waals surface area contributed by atoms with Crippen LogP contribution in [0, 0.1) is 34.5 Å². The fraction of sp³-hybridized carbons (Fsp3) is 0.469. The number of aliphatic hydroxyl groups excluding tert-OH is 1. The number of hydrogen-bond acceptors (Lipinski definition) is 11. The molecule has 0 bridgehead atoms. The Labute approximate surface area is 390 Å². The number of β-amino-alcohol motifs (C(OH)–C–C–N with tert-alkyl or cyclic N) is 1. The molecule has 1 aromatic heterocycles. The van der Waals surface area contributed by atoms with E-state index in [0.29, 0.717) is 40.7 Å². The van der Waals surface area contributed by atoms with E-state index in [4.69, 9.17) is 25.8 Å². The minimum absolute atomic E-state index is 0.0262. The molecule has 1 aliphatic carbocycles. The largest absolute Gasteiger partial charge is 0.494 e. The lowest BCUT2D eigenvalue weighted by Crippen LogP contribution is -2.74. The average molecular weight is 928 g/mol. The molecule has 4 N–H and O–H groups in total. The lowest BCUT2D eigenvalue weighted by Gasteiger charge is -2.63. The van der Waals surface area contributed by atoms with Crippen molar-refractivity contribution >= 4 is 46.6 Å². The molecule has 3 aromatic carbocycles. The van der Waals surface area contributed by atoms with Gasteiger partial charge in [0.15, 0.2) is 0 Å². The van der Waals surface area contributed by atoms with Gasteiger partial charge < -0.3 is 40.2 Å². The Bertz CT molecular complexity index is 2370. The summed E-state index contributed by atoms with van der Waals surface area (Å²) in [6.45, 7) is 16.1. The van der Waals surface area contributed by atoms with E-state index in [2.05, 4.69) is 27.0 Å². The number of aryl methyl sites for hydroxylation is 1. The van der Waals surface area contributed by atoms with Crippen molar-refractivity contribution in [3.8, 4) is 28.0 Å². The van der Waals surface area contributed by atoms with Gasteiger partial charge in [-0.15, -0.1) is 11.3 Å². The molecule has 1 saturated carbocycles. The van der Waals surface area contributed by atoms with Gasteiger partial charge in [-0.3, -0.25) is 19.2 Å². The molecular weight excluding hydrogens is 868 g/mol. The van der Waals surface area contributed by atoms with E-state index in [9.17, 15) is 29.5 Å². The summed E-state index contributed by atoms with van der Waals surface area (Å²) in [6.07, 6.45) is -0.550. The summed E-state index contributed by atoms with van der Waals surface area (Å²) in [5, 5.41) is 29.0. The Kier molecular flexibility index (Phi) is 15.3. The van der Waals surface area contributed by atoms with E-state index in [1.54, 1.807) is 53.8 Å². The van der Waals surface area contributed by atoms with Crippen LogP contribution < -0.4 is 25.4 Å². The number of hydrogen-bond donors (Lipinski definition) is 4. The number of amides is 4. The van der Waals surface area contributed by atoms with Crippen molar-refractivity contribution in [2.24, 2.45) is 16.2 Å². The van der Waals surface area contributed by atoms with Crippen LogP contribution in [0.15, 0.2) is 72.2 Å². The number of benzene rings is 3. The first kappa shape index (κ1) is 48.9. The van der Waals surface area contributed by atoms with Crippen molar-refractivity contribution in [1.29, 1.82) is 5.26 Å². The lowest BCUT2D eigenvalue weighted by atomic mass is 9.49. The number of nitriles is 1. The third-order valence-electron chi connectivity index (χ3n) is 12.2. The van der Waals surface area contributed by atoms with Crippen LogP contribution in [0.25, 0.3) is 10.4 Å². The zero-order valence-electron chi connectivity index (χ0n) is 38.2. The first-order chi connectivity index (χ1) is 30.7. The van der Waals surface area contributed by atoms with Gasteiger partial charge in [0.1, 0.15) is 42.4 Å². The van der Waals surface area contributed by atoms with Crippen molar-refractivity contribution < 1.29 is 38.5 Å². The highest BCUT2D eigenvalue weighted by molar-refractivity contribution is 7.13. The molecule has 16 heteroatoms. The molecule has 65 heavy (non-hydrogen) atoms. The number of nitrogens with zero attached hydrogens (tertiary/aromatic N) is 3. The number of carbonyl (C=O) groups excluding carboxylic acids is 4. The molecule has 346 valence electrons. The summed E-state index contributed by atoms with van der Waals surface area (Å²) >= 11 is 7.80. The minimum Gasteiger partial charge on any atom is -0.494 e. The van der Waals surface area contributed by atoms with E-state index in [1.807, 2.05) is 85.2 Å². The zero-order chi connectivity index (χ0) is 47.3. The SMILES string of the molecule is Cc1ncsc1-c1ccc(CNC(=O)[C@@H]2C[C@@H](O)CN2C(=O)C(NC(=O)COCCCOc2ccc(C(=O)NC3C(C)(C)C(Oc4ccc(C#N)c(Cl)c4)C3(C)C)cc2)C(C)(C)C)cc1. The molecule has 2 aliphatic rings. The van der Waals surface area contributed by atoms with Gasteiger partial charge in [-0.1, -0.05) is 84.3 Å².